The van der Waals surface area contributed by atoms with Crippen molar-refractivity contribution in [2.45, 2.75) is 38.9 Å². The topological polar surface area (TPSA) is 70.2 Å². The van der Waals surface area contributed by atoms with Gasteiger partial charge in [0.2, 0.25) is 0 Å². The molecule has 0 aliphatic rings. The largest absolute Gasteiger partial charge is 0.430 e. The van der Waals surface area contributed by atoms with E-state index in [1.54, 1.807) is 0 Å². The van der Waals surface area contributed by atoms with Crippen molar-refractivity contribution >= 4 is 11.6 Å². The van der Waals surface area contributed by atoms with Crippen molar-refractivity contribution in [2.24, 2.45) is 5.73 Å². The van der Waals surface area contributed by atoms with E-state index in [9.17, 15) is 18.0 Å². The number of amides is 1. The first-order valence-electron chi connectivity index (χ1n) is 7.71. The van der Waals surface area contributed by atoms with Gasteiger partial charge in [-0.05, 0) is 18.1 Å². The van der Waals surface area contributed by atoms with E-state index in [4.69, 9.17) is 11.1 Å². The fraction of sp³-hybridized carbons (Fsp3) is 0.412. The number of hydrogen-bond acceptors (Lipinski definition) is 3. The minimum Gasteiger partial charge on any atom is -0.395 e. The van der Waals surface area contributed by atoms with E-state index < -0.39 is 23.5 Å². The van der Waals surface area contributed by atoms with Crippen molar-refractivity contribution in [3.63, 3.8) is 0 Å². The Hall–Kier alpha value is -2.31. The summed E-state index contributed by atoms with van der Waals surface area (Å²) >= 11 is 0. The van der Waals surface area contributed by atoms with Gasteiger partial charge in [-0.15, -0.1) is 0 Å². The normalized spacial score (nSPS) is 12.1. The molecule has 0 fully saturated rings. The molecule has 1 amide bonds. The van der Waals surface area contributed by atoms with Gasteiger partial charge < -0.3 is 10.6 Å². The van der Waals surface area contributed by atoms with Crippen molar-refractivity contribution in [1.29, 1.82) is 5.41 Å². The quantitative estimate of drug-likeness (QED) is 0.560. The number of nitrogens with zero attached hydrogens (tertiary/aromatic N) is 1. The third-order valence-corrected chi connectivity index (χ3v) is 3.39. The minimum atomic E-state index is -4.75. The average molecular weight is 341 g/mol. The molecule has 3 N–H and O–H groups in total. The van der Waals surface area contributed by atoms with E-state index in [2.05, 4.69) is 0 Å². The highest BCUT2D eigenvalue weighted by atomic mass is 19.4. The predicted molar refractivity (Wildman–Crippen MR) is 87.4 cm³/mol. The minimum absolute atomic E-state index is 0.242. The van der Waals surface area contributed by atoms with E-state index in [0.717, 1.165) is 24.8 Å². The number of hydrogen-bond donors (Lipinski definition) is 2. The van der Waals surface area contributed by atoms with Gasteiger partial charge in [0.05, 0.1) is 0 Å². The molecule has 0 unspecified atom stereocenters. The summed E-state index contributed by atoms with van der Waals surface area (Å²) in [5.74, 6) is -0.762. The first-order valence-corrected chi connectivity index (χ1v) is 7.71. The van der Waals surface area contributed by atoms with Gasteiger partial charge in [-0.2, -0.15) is 13.2 Å². The summed E-state index contributed by atoms with van der Waals surface area (Å²) in [5.41, 5.74) is 3.52. The van der Waals surface area contributed by atoms with Gasteiger partial charge in [0.15, 0.2) is 0 Å². The van der Waals surface area contributed by atoms with Crippen LogP contribution in [0, 0.1) is 5.41 Å². The fourth-order valence-electron chi connectivity index (χ4n) is 2.08. The average Bonchev–Trinajstić information content (AvgIpc) is 2.53. The lowest BCUT2D eigenvalue weighted by Crippen LogP contribution is -2.36. The molecular weight excluding hydrogens is 319 g/mol. The number of carbonyl (C=O) groups excluding carboxylic acids is 1. The molecule has 0 spiro atoms. The van der Waals surface area contributed by atoms with Crippen LogP contribution in [-0.2, 0) is 11.3 Å². The predicted octanol–water partition coefficient (Wildman–Crippen LogP) is 3.63. The van der Waals surface area contributed by atoms with E-state index >= 15 is 0 Å². The summed E-state index contributed by atoms with van der Waals surface area (Å²) in [6.07, 6.45) is -1.81. The molecule has 0 saturated carbocycles. The van der Waals surface area contributed by atoms with Crippen LogP contribution in [0.3, 0.4) is 0 Å². The number of alkyl halides is 3. The molecule has 132 valence electrons. The summed E-state index contributed by atoms with van der Waals surface area (Å²) in [6.45, 7) is 2.63. The maximum absolute atomic E-state index is 12.5. The SMILES string of the molecule is CCCCCN(Cc1ccccc1)C(=O)C(=N)C=C(N)C(F)(F)F. The Balaban J connectivity index is 2.88. The molecule has 0 atom stereocenters. The first-order chi connectivity index (χ1) is 11.3. The van der Waals surface area contributed by atoms with Crippen molar-refractivity contribution in [2.75, 3.05) is 6.54 Å². The molecule has 1 rings (SSSR count). The Labute approximate surface area is 139 Å². The van der Waals surface area contributed by atoms with Gasteiger partial charge in [-0.3, -0.25) is 10.2 Å². The highest BCUT2D eigenvalue weighted by Gasteiger charge is 2.32. The molecule has 1 aromatic carbocycles. The lowest BCUT2D eigenvalue weighted by atomic mass is 10.1. The van der Waals surface area contributed by atoms with Crippen LogP contribution >= 0.6 is 0 Å². The monoisotopic (exact) mass is 341 g/mol. The Morgan fingerprint density at radius 3 is 2.42 bits per heavy atom. The van der Waals surface area contributed by atoms with Crippen LogP contribution in [-0.4, -0.2) is 29.2 Å². The molecule has 24 heavy (non-hydrogen) atoms. The third-order valence-electron chi connectivity index (χ3n) is 3.39. The molecule has 0 aliphatic carbocycles. The number of benzene rings is 1. The third kappa shape index (κ3) is 6.44. The van der Waals surface area contributed by atoms with Crippen LogP contribution in [0.5, 0.6) is 0 Å². The highest BCUT2D eigenvalue weighted by molar-refractivity contribution is 6.42. The molecule has 7 heteroatoms. The van der Waals surface area contributed by atoms with Crippen molar-refractivity contribution in [1.82, 2.24) is 4.90 Å². The summed E-state index contributed by atoms with van der Waals surface area (Å²) in [4.78, 5) is 13.7. The maximum atomic E-state index is 12.5. The zero-order valence-electron chi connectivity index (χ0n) is 13.6. The zero-order chi connectivity index (χ0) is 18.2. The zero-order valence-corrected chi connectivity index (χ0v) is 13.6. The standard InChI is InChI=1S/C17H22F3N3O/c1-2-3-7-10-23(12-13-8-5-4-6-9-13)16(24)14(21)11-15(22)17(18,19)20/h4-6,8-9,11,21H,2-3,7,10,12,22H2,1H3. The van der Waals surface area contributed by atoms with Gasteiger partial charge in [0, 0.05) is 13.1 Å². The van der Waals surface area contributed by atoms with Gasteiger partial charge >= 0.3 is 6.18 Å². The number of rotatable bonds is 8. The lowest BCUT2D eigenvalue weighted by Gasteiger charge is -2.22. The molecule has 1 aromatic rings. The van der Waals surface area contributed by atoms with Crippen LogP contribution in [0.25, 0.3) is 0 Å². The van der Waals surface area contributed by atoms with Crippen molar-refractivity contribution < 1.29 is 18.0 Å². The smallest absolute Gasteiger partial charge is 0.395 e. The Kier molecular flexibility index (Phi) is 7.48. The summed E-state index contributed by atoms with van der Waals surface area (Å²) in [6, 6.07) is 9.11. The first kappa shape index (κ1) is 19.7. The summed E-state index contributed by atoms with van der Waals surface area (Å²) in [7, 11) is 0. The summed E-state index contributed by atoms with van der Waals surface area (Å²) in [5, 5.41) is 7.63. The van der Waals surface area contributed by atoms with Crippen molar-refractivity contribution in [3.8, 4) is 0 Å². The Bertz CT molecular complexity index is 582. The van der Waals surface area contributed by atoms with Crippen LogP contribution in [0.4, 0.5) is 13.2 Å². The van der Waals surface area contributed by atoms with E-state index in [1.807, 2.05) is 37.3 Å². The number of nitrogens with two attached hydrogens (primary N) is 1. The molecule has 0 aromatic heterocycles. The van der Waals surface area contributed by atoms with Crippen LogP contribution in [0.15, 0.2) is 42.1 Å². The molecule has 0 radical (unpaired) electrons. The van der Waals surface area contributed by atoms with Gasteiger partial charge in [0.1, 0.15) is 11.4 Å². The molecule has 0 saturated heterocycles. The number of halogens is 3. The van der Waals surface area contributed by atoms with Crippen LogP contribution in [0.2, 0.25) is 0 Å². The van der Waals surface area contributed by atoms with E-state index in [1.165, 1.54) is 4.90 Å². The second kappa shape index (κ2) is 9.10. The number of nitrogens with one attached hydrogen (secondary N) is 1. The molecule has 0 bridgehead atoms. The second-order valence-corrected chi connectivity index (χ2v) is 5.43. The lowest BCUT2D eigenvalue weighted by molar-refractivity contribution is -0.124. The summed E-state index contributed by atoms with van der Waals surface area (Å²) < 4.78 is 37.4. The van der Waals surface area contributed by atoms with Crippen LogP contribution in [0.1, 0.15) is 31.7 Å². The fourth-order valence-corrected chi connectivity index (χ4v) is 2.08. The number of carbonyl (C=O) groups is 1. The van der Waals surface area contributed by atoms with Gasteiger partial charge in [0.25, 0.3) is 5.91 Å². The van der Waals surface area contributed by atoms with E-state index in [0.29, 0.717) is 12.6 Å². The molecule has 0 heterocycles. The Morgan fingerprint density at radius 1 is 1.25 bits per heavy atom. The maximum Gasteiger partial charge on any atom is 0.430 e. The number of unbranched alkanes of at least 4 members (excludes halogenated alkanes) is 2. The number of allylic oxidation sites excluding steroid dienone is 1. The molecule has 4 nitrogen and oxygen atoms in total. The Morgan fingerprint density at radius 2 is 1.88 bits per heavy atom. The second-order valence-electron chi connectivity index (χ2n) is 5.43. The van der Waals surface area contributed by atoms with Crippen molar-refractivity contribution in [3.05, 3.63) is 47.7 Å². The van der Waals surface area contributed by atoms with Gasteiger partial charge in [-0.1, -0.05) is 50.1 Å². The van der Waals surface area contributed by atoms with Gasteiger partial charge in [-0.25, -0.2) is 0 Å². The van der Waals surface area contributed by atoms with E-state index in [-0.39, 0.29) is 6.54 Å². The van der Waals surface area contributed by atoms with Crippen LogP contribution < -0.4 is 5.73 Å². The highest BCUT2D eigenvalue weighted by Crippen LogP contribution is 2.21. The molecule has 0 aliphatic heterocycles. The molecular formula is C17H22F3N3O.